The van der Waals surface area contributed by atoms with E-state index in [9.17, 15) is 9.59 Å². The van der Waals surface area contributed by atoms with Crippen molar-refractivity contribution in [3.8, 4) is 0 Å². The first-order valence-electron chi connectivity index (χ1n) is 6.72. The Labute approximate surface area is 125 Å². The lowest BCUT2D eigenvalue weighted by atomic mass is 10.1. The zero-order chi connectivity index (χ0) is 14.8. The summed E-state index contributed by atoms with van der Waals surface area (Å²) in [6.45, 7) is 3.05. The Bertz CT molecular complexity index is 663. The van der Waals surface area contributed by atoms with Gasteiger partial charge in [-0.15, -0.1) is 10.2 Å². The SMILES string of the molecule is CCCNc1nnc(CN2C(=O)c3ccccc3C2=O)s1. The number of hydrogen-bond acceptors (Lipinski definition) is 6. The molecule has 1 aromatic carbocycles. The molecule has 0 spiro atoms. The second-order valence-corrected chi connectivity index (χ2v) is 5.73. The van der Waals surface area contributed by atoms with Gasteiger partial charge in [0, 0.05) is 6.54 Å². The molecule has 0 saturated carbocycles. The third kappa shape index (κ3) is 2.52. The van der Waals surface area contributed by atoms with Crippen molar-refractivity contribution in [2.24, 2.45) is 0 Å². The van der Waals surface area contributed by atoms with Gasteiger partial charge in [0.25, 0.3) is 11.8 Å². The summed E-state index contributed by atoms with van der Waals surface area (Å²) in [6, 6.07) is 6.85. The van der Waals surface area contributed by atoms with Crippen LogP contribution < -0.4 is 5.32 Å². The van der Waals surface area contributed by atoms with Gasteiger partial charge in [0.15, 0.2) is 0 Å². The molecule has 0 unspecified atom stereocenters. The van der Waals surface area contributed by atoms with Gasteiger partial charge >= 0.3 is 0 Å². The van der Waals surface area contributed by atoms with Gasteiger partial charge in [-0.2, -0.15) is 0 Å². The molecule has 2 amide bonds. The van der Waals surface area contributed by atoms with Crippen LogP contribution in [0.1, 0.15) is 39.1 Å². The zero-order valence-electron chi connectivity index (χ0n) is 11.5. The smallest absolute Gasteiger partial charge is 0.261 e. The second kappa shape index (κ2) is 5.61. The summed E-state index contributed by atoms with van der Waals surface area (Å²) < 4.78 is 0. The minimum atomic E-state index is -0.270. The second-order valence-electron chi connectivity index (χ2n) is 4.67. The molecule has 2 heterocycles. The Hall–Kier alpha value is -2.28. The first-order valence-corrected chi connectivity index (χ1v) is 7.54. The Kier molecular flexibility index (Phi) is 3.66. The summed E-state index contributed by atoms with van der Waals surface area (Å²) in [5.41, 5.74) is 0.910. The van der Waals surface area contributed by atoms with Crippen LogP contribution in [0.5, 0.6) is 0 Å². The van der Waals surface area contributed by atoms with Crippen molar-refractivity contribution in [2.75, 3.05) is 11.9 Å². The number of nitrogens with one attached hydrogen (secondary N) is 1. The fourth-order valence-electron chi connectivity index (χ4n) is 2.14. The van der Waals surface area contributed by atoms with Crippen molar-refractivity contribution >= 4 is 28.3 Å². The van der Waals surface area contributed by atoms with Crippen molar-refractivity contribution in [1.29, 1.82) is 0 Å². The van der Waals surface area contributed by atoms with E-state index in [0.29, 0.717) is 21.3 Å². The van der Waals surface area contributed by atoms with Gasteiger partial charge in [0.1, 0.15) is 5.01 Å². The van der Waals surface area contributed by atoms with Crippen molar-refractivity contribution in [1.82, 2.24) is 15.1 Å². The van der Waals surface area contributed by atoms with Crippen LogP contribution in [0.15, 0.2) is 24.3 Å². The molecule has 0 bridgehead atoms. The van der Waals surface area contributed by atoms with Gasteiger partial charge in [-0.25, -0.2) is 0 Å². The van der Waals surface area contributed by atoms with E-state index < -0.39 is 0 Å². The quantitative estimate of drug-likeness (QED) is 0.857. The highest BCUT2D eigenvalue weighted by Crippen LogP contribution is 2.25. The van der Waals surface area contributed by atoms with Crippen molar-refractivity contribution in [3.05, 3.63) is 40.4 Å². The number of benzene rings is 1. The summed E-state index contributed by atoms with van der Waals surface area (Å²) in [5, 5.41) is 12.5. The average molecular weight is 302 g/mol. The normalized spacial score (nSPS) is 13.7. The molecule has 108 valence electrons. The molecule has 0 fully saturated rings. The van der Waals surface area contributed by atoms with E-state index in [2.05, 4.69) is 22.4 Å². The summed E-state index contributed by atoms with van der Waals surface area (Å²) >= 11 is 1.36. The van der Waals surface area contributed by atoms with Crippen LogP contribution in [0.4, 0.5) is 5.13 Å². The maximum Gasteiger partial charge on any atom is 0.261 e. The first kappa shape index (κ1) is 13.7. The van der Waals surface area contributed by atoms with Gasteiger partial charge < -0.3 is 5.32 Å². The van der Waals surface area contributed by atoms with Crippen LogP contribution >= 0.6 is 11.3 Å². The van der Waals surface area contributed by atoms with E-state index in [1.54, 1.807) is 24.3 Å². The molecule has 0 aliphatic carbocycles. The zero-order valence-corrected chi connectivity index (χ0v) is 12.3. The molecule has 1 aromatic heterocycles. The number of rotatable bonds is 5. The van der Waals surface area contributed by atoms with Crippen LogP contribution in [-0.2, 0) is 6.54 Å². The summed E-state index contributed by atoms with van der Waals surface area (Å²) in [5.74, 6) is -0.539. The number of nitrogens with zero attached hydrogens (tertiary/aromatic N) is 3. The van der Waals surface area contributed by atoms with Crippen LogP contribution in [0.3, 0.4) is 0 Å². The molecule has 2 aromatic rings. The molecule has 0 radical (unpaired) electrons. The number of amides is 2. The lowest BCUT2D eigenvalue weighted by Crippen LogP contribution is -2.29. The third-order valence-electron chi connectivity index (χ3n) is 3.16. The van der Waals surface area contributed by atoms with Gasteiger partial charge in [0.05, 0.1) is 17.7 Å². The van der Waals surface area contributed by atoms with E-state index in [1.807, 2.05) is 0 Å². The molecule has 0 atom stereocenters. The predicted molar refractivity (Wildman–Crippen MR) is 79.3 cm³/mol. The molecular formula is C14H14N4O2S. The number of aromatic nitrogens is 2. The minimum Gasteiger partial charge on any atom is -0.360 e. The lowest BCUT2D eigenvalue weighted by Gasteiger charge is -2.10. The molecule has 21 heavy (non-hydrogen) atoms. The standard InChI is InChI=1S/C14H14N4O2S/c1-2-7-15-14-17-16-11(21-14)8-18-12(19)9-5-3-4-6-10(9)13(18)20/h3-6H,2,7-8H2,1H3,(H,15,17). The minimum absolute atomic E-state index is 0.165. The highest BCUT2D eigenvalue weighted by atomic mass is 32.1. The molecule has 6 nitrogen and oxygen atoms in total. The molecule has 1 aliphatic heterocycles. The topological polar surface area (TPSA) is 75.2 Å². The van der Waals surface area contributed by atoms with Crippen LogP contribution in [-0.4, -0.2) is 33.5 Å². The van der Waals surface area contributed by atoms with E-state index in [1.165, 1.54) is 16.2 Å². The third-order valence-corrected chi connectivity index (χ3v) is 4.03. The van der Waals surface area contributed by atoms with Gasteiger partial charge in [-0.05, 0) is 18.6 Å². The number of hydrogen-bond donors (Lipinski definition) is 1. The maximum atomic E-state index is 12.2. The molecule has 1 N–H and O–H groups in total. The Morgan fingerprint density at radius 3 is 2.43 bits per heavy atom. The van der Waals surface area contributed by atoms with Gasteiger partial charge in [-0.1, -0.05) is 30.4 Å². The summed E-state index contributed by atoms with van der Waals surface area (Å²) in [4.78, 5) is 25.7. The van der Waals surface area contributed by atoms with Crippen LogP contribution in [0.25, 0.3) is 0 Å². The van der Waals surface area contributed by atoms with Crippen molar-refractivity contribution in [3.63, 3.8) is 0 Å². The van der Waals surface area contributed by atoms with E-state index in [0.717, 1.165) is 13.0 Å². The fraction of sp³-hybridized carbons (Fsp3) is 0.286. The maximum absolute atomic E-state index is 12.2. The monoisotopic (exact) mass is 302 g/mol. The Morgan fingerprint density at radius 2 is 1.81 bits per heavy atom. The predicted octanol–water partition coefficient (Wildman–Crippen LogP) is 2.16. The highest BCUT2D eigenvalue weighted by Gasteiger charge is 2.35. The van der Waals surface area contributed by atoms with E-state index in [4.69, 9.17) is 0 Å². The Morgan fingerprint density at radius 1 is 1.14 bits per heavy atom. The highest BCUT2D eigenvalue weighted by molar-refractivity contribution is 7.15. The lowest BCUT2D eigenvalue weighted by molar-refractivity contribution is 0.0642. The summed E-state index contributed by atoms with van der Waals surface area (Å²) in [7, 11) is 0. The molecule has 1 aliphatic rings. The molecule has 7 heteroatoms. The number of fused-ring (bicyclic) bond motifs is 1. The average Bonchev–Trinajstić information content (AvgIpc) is 3.05. The molecular weight excluding hydrogens is 288 g/mol. The van der Waals surface area contributed by atoms with Crippen LogP contribution in [0.2, 0.25) is 0 Å². The van der Waals surface area contributed by atoms with Gasteiger partial charge in [-0.3, -0.25) is 14.5 Å². The van der Waals surface area contributed by atoms with E-state index >= 15 is 0 Å². The summed E-state index contributed by atoms with van der Waals surface area (Å²) in [6.07, 6.45) is 0.993. The number of carbonyl (C=O) groups is 2. The Balaban J connectivity index is 1.76. The molecule has 3 rings (SSSR count). The number of anilines is 1. The largest absolute Gasteiger partial charge is 0.360 e. The number of carbonyl (C=O) groups excluding carboxylic acids is 2. The van der Waals surface area contributed by atoms with Gasteiger partial charge in [0.2, 0.25) is 5.13 Å². The first-order chi connectivity index (χ1) is 10.2. The van der Waals surface area contributed by atoms with Crippen molar-refractivity contribution in [2.45, 2.75) is 19.9 Å². The fourth-order valence-corrected chi connectivity index (χ4v) is 2.89. The van der Waals surface area contributed by atoms with E-state index in [-0.39, 0.29) is 18.4 Å². The van der Waals surface area contributed by atoms with Crippen LogP contribution in [0, 0.1) is 0 Å². The number of imide groups is 1. The molecule has 0 saturated heterocycles. The van der Waals surface area contributed by atoms with Crippen molar-refractivity contribution < 1.29 is 9.59 Å².